The van der Waals surface area contributed by atoms with E-state index in [0.717, 1.165) is 11.5 Å². The van der Waals surface area contributed by atoms with Gasteiger partial charge in [-0.1, -0.05) is 13.8 Å². The van der Waals surface area contributed by atoms with Crippen molar-refractivity contribution in [2.24, 2.45) is 0 Å². The fourth-order valence-corrected chi connectivity index (χ4v) is 2.49. The third kappa shape index (κ3) is 2.96. The minimum Gasteiger partial charge on any atom is -0.468 e. The highest BCUT2D eigenvalue weighted by Crippen LogP contribution is 2.25. The Morgan fingerprint density at radius 2 is 2.42 bits per heavy atom. The maximum absolute atomic E-state index is 11.7. The van der Waals surface area contributed by atoms with Crippen LogP contribution in [-0.4, -0.2) is 46.8 Å². The van der Waals surface area contributed by atoms with Crippen molar-refractivity contribution in [1.29, 1.82) is 0 Å². The van der Waals surface area contributed by atoms with Crippen molar-refractivity contribution in [2.75, 3.05) is 13.7 Å². The monoisotopic (exact) mass is 268 g/mol. The van der Waals surface area contributed by atoms with Gasteiger partial charge in [-0.3, -0.25) is 9.69 Å². The number of β-amino-alcohol motifs (C(OH)–C–C–N with tert-alkyl or cyclic N) is 1. The van der Waals surface area contributed by atoms with Crippen LogP contribution in [0.25, 0.3) is 0 Å². The van der Waals surface area contributed by atoms with E-state index in [0.29, 0.717) is 19.5 Å². The van der Waals surface area contributed by atoms with E-state index in [9.17, 15) is 9.90 Å². The van der Waals surface area contributed by atoms with E-state index in [-0.39, 0.29) is 11.9 Å². The number of carbonyl (C=O) groups is 1. The predicted molar refractivity (Wildman–Crippen MR) is 67.4 cm³/mol. The molecule has 0 bridgehead atoms. The molecule has 0 radical (unpaired) electrons. The first kappa shape index (κ1) is 14.0. The van der Waals surface area contributed by atoms with Gasteiger partial charge in [0.15, 0.2) is 6.39 Å². The molecule has 2 heterocycles. The predicted octanol–water partition coefficient (Wildman–Crippen LogP) is 0.906. The Balaban J connectivity index is 2.12. The first-order chi connectivity index (χ1) is 9.02. The summed E-state index contributed by atoms with van der Waals surface area (Å²) >= 11 is 0. The zero-order valence-electron chi connectivity index (χ0n) is 11.5. The third-order valence-electron chi connectivity index (χ3n) is 3.40. The topological polar surface area (TPSA) is 75.8 Å². The van der Waals surface area contributed by atoms with E-state index in [1.165, 1.54) is 13.5 Å². The average molecular weight is 268 g/mol. The number of hydrogen-bond donors (Lipinski definition) is 1. The minimum absolute atomic E-state index is 0.238. The molecule has 1 saturated heterocycles. The van der Waals surface area contributed by atoms with Crippen LogP contribution in [-0.2, 0) is 16.1 Å². The van der Waals surface area contributed by atoms with Crippen molar-refractivity contribution in [3.63, 3.8) is 0 Å². The highest BCUT2D eigenvalue weighted by Gasteiger charge is 2.37. The number of aromatic nitrogens is 1. The summed E-state index contributed by atoms with van der Waals surface area (Å²) in [7, 11) is 1.36. The van der Waals surface area contributed by atoms with Gasteiger partial charge in [-0.05, 0) is 0 Å². The van der Waals surface area contributed by atoms with Gasteiger partial charge < -0.3 is 14.3 Å². The SMILES string of the molecule is COC(=O)[C@@H]1C[C@@H](O)CN1Cc1ncoc1C(C)C. The summed E-state index contributed by atoms with van der Waals surface area (Å²) in [6, 6.07) is -0.406. The maximum Gasteiger partial charge on any atom is 0.323 e. The van der Waals surface area contributed by atoms with Gasteiger partial charge in [-0.15, -0.1) is 0 Å². The van der Waals surface area contributed by atoms with Gasteiger partial charge in [0.1, 0.15) is 11.8 Å². The van der Waals surface area contributed by atoms with E-state index < -0.39 is 12.1 Å². The molecule has 1 aliphatic rings. The standard InChI is InChI=1S/C13H20N2O4/c1-8(2)12-10(14-7-19-12)6-15-5-9(16)4-11(15)13(17)18-3/h7-9,11,16H,4-6H2,1-3H3/t9-,11+/m1/s1. The highest BCUT2D eigenvalue weighted by atomic mass is 16.5. The van der Waals surface area contributed by atoms with E-state index in [4.69, 9.17) is 9.15 Å². The lowest BCUT2D eigenvalue weighted by Gasteiger charge is -2.21. The number of oxazole rings is 1. The molecule has 1 aromatic rings. The molecule has 106 valence electrons. The Labute approximate surface area is 112 Å². The Morgan fingerprint density at radius 3 is 3.05 bits per heavy atom. The second kappa shape index (κ2) is 5.71. The normalized spacial score (nSPS) is 24.1. The molecule has 0 amide bonds. The number of hydrogen-bond acceptors (Lipinski definition) is 6. The number of carbonyl (C=O) groups excluding carboxylic acids is 1. The fourth-order valence-electron chi connectivity index (χ4n) is 2.49. The van der Waals surface area contributed by atoms with Crippen LogP contribution < -0.4 is 0 Å². The van der Waals surface area contributed by atoms with Crippen LogP contribution in [0, 0.1) is 0 Å². The van der Waals surface area contributed by atoms with E-state index in [1.807, 2.05) is 18.7 Å². The lowest BCUT2D eigenvalue weighted by atomic mass is 10.1. The van der Waals surface area contributed by atoms with Crippen LogP contribution in [0.3, 0.4) is 0 Å². The molecule has 1 aromatic heterocycles. The van der Waals surface area contributed by atoms with Gasteiger partial charge in [-0.2, -0.15) is 0 Å². The third-order valence-corrected chi connectivity index (χ3v) is 3.40. The lowest BCUT2D eigenvalue weighted by molar-refractivity contribution is -0.146. The van der Waals surface area contributed by atoms with Crippen molar-refractivity contribution < 1.29 is 19.1 Å². The molecule has 2 atom stereocenters. The largest absolute Gasteiger partial charge is 0.468 e. The summed E-state index contributed by atoms with van der Waals surface area (Å²) in [5, 5.41) is 9.73. The van der Waals surface area contributed by atoms with Gasteiger partial charge in [0.25, 0.3) is 0 Å². The molecule has 6 nitrogen and oxygen atoms in total. The number of esters is 1. The smallest absolute Gasteiger partial charge is 0.323 e. The molecule has 6 heteroatoms. The van der Waals surface area contributed by atoms with Crippen LogP contribution in [0.15, 0.2) is 10.8 Å². The molecule has 19 heavy (non-hydrogen) atoms. The Bertz CT molecular complexity index is 444. The zero-order valence-corrected chi connectivity index (χ0v) is 11.5. The van der Waals surface area contributed by atoms with Crippen molar-refractivity contribution >= 4 is 5.97 Å². The van der Waals surface area contributed by atoms with Crippen molar-refractivity contribution in [3.05, 3.63) is 17.8 Å². The number of aliphatic hydroxyl groups is 1. The van der Waals surface area contributed by atoms with Crippen molar-refractivity contribution in [3.8, 4) is 0 Å². The molecule has 0 unspecified atom stereocenters. The van der Waals surface area contributed by atoms with Crippen LogP contribution in [0.1, 0.15) is 37.6 Å². The summed E-state index contributed by atoms with van der Waals surface area (Å²) in [5.74, 6) is 0.748. The number of rotatable bonds is 4. The molecule has 1 aliphatic heterocycles. The summed E-state index contributed by atoms with van der Waals surface area (Å²) < 4.78 is 10.1. The molecular weight excluding hydrogens is 248 g/mol. The van der Waals surface area contributed by atoms with Gasteiger partial charge in [-0.25, -0.2) is 4.98 Å². The van der Waals surface area contributed by atoms with Crippen LogP contribution in [0.4, 0.5) is 0 Å². The first-order valence-electron chi connectivity index (χ1n) is 6.45. The van der Waals surface area contributed by atoms with Crippen molar-refractivity contribution in [2.45, 2.75) is 44.9 Å². The van der Waals surface area contributed by atoms with Gasteiger partial charge in [0.2, 0.25) is 0 Å². The Kier molecular flexibility index (Phi) is 4.21. The molecule has 1 fully saturated rings. The average Bonchev–Trinajstić information content (AvgIpc) is 2.95. The molecule has 0 saturated carbocycles. The van der Waals surface area contributed by atoms with Gasteiger partial charge in [0, 0.05) is 25.4 Å². The lowest BCUT2D eigenvalue weighted by Crippen LogP contribution is -2.36. The van der Waals surface area contributed by atoms with Crippen LogP contribution in [0.5, 0.6) is 0 Å². The fraction of sp³-hybridized carbons (Fsp3) is 0.692. The van der Waals surface area contributed by atoms with Crippen LogP contribution >= 0.6 is 0 Å². The second-order valence-corrected chi connectivity index (χ2v) is 5.18. The zero-order chi connectivity index (χ0) is 14.0. The number of methoxy groups -OCH3 is 1. The van der Waals surface area contributed by atoms with E-state index >= 15 is 0 Å². The highest BCUT2D eigenvalue weighted by molar-refractivity contribution is 5.76. The maximum atomic E-state index is 11.7. The van der Waals surface area contributed by atoms with E-state index in [1.54, 1.807) is 0 Å². The number of likely N-dealkylation sites (tertiary alicyclic amines) is 1. The van der Waals surface area contributed by atoms with Crippen molar-refractivity contribution in [1.82, 2.24) is 9.88 Å². The number of aliphatic hydroxyl groups excluding tert-OH is 1. The minimum atomic E-state index is -0.501. The molecule has 1 N–H and O–H groups in total. The molecule has 0 spiro atoms. The van der Waals surface area contributed by atoms with E-state index in [2.05, 4.69) is 4.98 Å². The summed E-state index contributed by atoms with van der Waals surface area (Å²) in [6.07, 6.45) is 1.32. The summed E-state index contributed by atoms with van der Waals surface area (Å²) in [5.41, 5.74) is 0.818. The first-order valence-corrected chi connectivity index (χ1v) is 6.45. The quantitative estimate of drug-likeness (QED) is 0.818. The summed E-state index contributed by atoms with van der Waals surface area (Å²) in [4.78, 5) is 17.8. The number of nitrogens with zero attached hydrogens (tertiary/aromatic N) is 2. The molecule has 2 rings (SSSR count). The molecule has 0 aromatic carbocycles. The Hall–Kier alpha value is -1.40. The molecular formula is C13H20N2O4. The second-order valence-electron chi connectivity index (χ2n) is 5.18. The van der Waals surface area contributed by atoms with Gasteiger partial charge in [0.05, 0.1) is 18.9 Å². The summed E-state index contributed by atoms with van der Waals surface area (Å²) in [6.45, 7) is 4.99. The Morgan fingerprint density at radius 1 is 1.68 bits per heavy atom. The van der Waals surface area contributed by atoms with Gasteiger partial charge >= 0.3 is 5.97 Å². The van der Waals surface area contributed by atoms with Crippen LogP contribution in [0.2, 0.25) is 0 Å². The number of ether oxygens (including phenoxy) is 1. The molecule has 0 aliphatic carbocycles.